The monoisotopic (exact) mass is 259 g/mol. The van der Waals surface area contributed by atoms with Crippen molar-refractivity contribution in [2.45, 2.75) is 38.9 Å². The molecule has 0 aliphatic carbocycles. The lowest BCUT2D eigenvalue weighted by atomic mass is 10.4. The first-order valence-electron chi connectivity index (χ1n) is 5.87. The van der Waals surface area contributed by atoms with Crippen LogP contribution in [0.3, 0.4) is 0 Å². The Balaban J connectivity index is 3.36. The summed E-state index contributed by atoms with van der Waals surface area (Å²) < 4.78 is 27.7. The molecule has 0 aliphatic heterocycles. The van der Waals surface area contributed by atoms with Crippen LogP contribution >= 0.6 is 0 Å². The Morgan fingerprint density at radius 2 is 1.71 bits per heavy atom. The SMILES string of the molecule is CC[Si](CC)(CC)c1cnc(NN)c(F)c1F. The number of hydrogen-bond donors (Lipinski definition) is 2. The van der Waals surface area contributed by atoms with Crippen molar-refractivity contribution in [1.29, 1.82) is 0 Å². The number of halogens is 2. The molecule has 0 bridgehead atoms. The fourth-order valence-corrected chi connectivity index (χ4v) is 5.81. The van der Waals surface area contributed by atoms with Crippen LogP contribution in [0, 0.1) is 11.6 Å². The summed E-state index contributed by atoms with van der Waals surface area (Å²) in [5, 5.41) is 0.474. The average Bonchev–Trinajstić information content (AvgIpc) is 2.37. The summed E-state index contributed by atoms with van der Waals surface area (Å²) in [5.41, 5.74) is 2.06. The number of nitrogen functional groups attached to an aromatic ring is 1. The number of nitrogens with zero attached hydrogens (tertiary/aromatic N) is 1. The van der Waals surface area contributed by atoms with Crippen molar-refractivity contribution in [3.8, 4) is 0 Å². The second-order valence-electron chi connectivity index (χ2n) is 4.13. The van der Waals surface area contributed by atoms with Crippen molar-refractivity contribution in [2.75, 3.05) is 5.43 Å². The van der Waals surface area contributed by atoms with E-state index in [0.29, 0.717) is 5.19 Å². The molecule has 1 heterocycles. The lowest BCUT2D eigenvalue weighted by Gasteiger charge is -2.28. The van der Waals surface area contributed by atoms with Gasteiger partial charge in [0.2, 0.25) is 5.82 Å². The van der Waals surface area contributed by atoms with Gasteiger partial charge < -0.3 is 5.43 Å². The van der Waals surface area contributed by atoms with Crippen LogP contribution in [0.4, 0.5) is 14.6 Å². The van der Waals surface area contributed by atoms with E-state index in [0.717, 1.165) is 18.1 Å². The van der Waals surface area contributed by atoms with E-state index in [1.54, 1.807) is 0 Å². The number of pyridine rings is 1. The molecule has 0 saturated heterocycles. The molecule has 0 aromatic carbocycles. The molecule has 1 aromatic rings. The number of nitrogens with two attached hydrogens (primary N) is 1. The summed E-state index contributed by atoms with van der Waals surface area (Å²) in [6.45, 7) is 6.10. The van der Waals surface area contributed by atoms with Gasteiger partial charge in [-0.1, -0.05) is 38.9 Å². The lowest BCUT2D eigenvalue weighted by Crippen LogP contribution is -2.48. The zero-order valence-corrected chi connectivity index (χ0v) is 11.5. The van der Waals surface area contributed by atoms with E-state index < -0.39 is 19.7 Å². The summed E-state index contributed by atoms with van der Waals surface area (Å²) >= 11 is 0. The Morgan fingerprint density at radius 1 is 1.18 bits per heavy atom. The summed E-state index contributed by atoms with van der Waals surface area (Å²) in [7, 11) is -1.95. The van der Waals surface area contributed by atoms with Gasteiger partial charge >= 0.3 is 0 Å². The third kappa shape index (κ3) is 2.32. The van der Waals surface area contributed by atoms with E-state index in [1.165, 1.54) is 6.20 Å². The van der Waals surface area contributed by atoms with Crippen molar-refractivity contribution >= 4 is 19.1 Å². The van der Waals surface area contributed by atoms with Crippen LogP contribution in [0.5, 0.6) is 0 Å². The number of hydrogen-bond acceptors (Lipinski definition) is 3. The Bertz CT molecular complexity index is 386. The highest BCUT2D eigenvalue weighted by molar-refractivity contribution is 6.91. The standard InChI is InChI=1S/C11H19F2N3Si/c1-4-17(5-2,6-3)8-7-15-11(16-14)10(13)9(8)12/h7H,4-6,14H2,1-3H3,(H,15,16). The molecule has 17 heavy (non-hydrogen) atoms. The molecule has 1 rings (SSSR count). The summed E-state index contributed by atoms with van der Waals surface area (Å²) in [6.07, 6.45) is 1.44. The Labute approximate surface area is 101 Å². The molecule has 3 N–H and O–H groups in total. The van der Waals surface area contributed by atoms with Gasteiger partial charge in [-0.3, -0.25) is 0 Å². The van der Waals surface area contributed by atoms with E-state index in [4.69, 9.17) is 5.84 Å². The van der Waals surface area contributed by atoms with Gasteiger partial charge in [-0.2, -0.15) is 4.39 Å². The lowest BCUT2D eigenvalue weighted by molar-refractivity contribution is 0.511. The van der Waals surface area contributed by atoms with Crippen LogP contribution in [-0.4, -0.2) is 13.1 Å². The van der Waals surface area contributed by atoms with Gasteiger partial charge in [0.05, 0.1) is 8.07 Å². The Kier molecular flexibility index (Phi) is 4.59. The Hall–Kier alpha value is -1.01. The average molecular weight is 259 g/mol. The van der Waals surface area contributed by atoms with E-state index in [9.17, 15) is 8.78 Å². The van der Waals surface area contributed by atoms with Gasteiger partial charge in [0, 0.05) is 6.20 Å². The number of nitrogens with one attached hydrogen (secondary N) is 1. The molecule has 0 saturated carbocycles. The van der Waals surface area contributed by atoms with Crippen LogP contribution in [0.25, 0.3) is 0 Å². The van der Waals surface area contributed by atoms with Gasteiger partial charge in [0.1, 0.15) is 0 Å². The van der Waals surface area contributed by atoms with Gasteiger partial charge in [-0.15, -0.1) is 0 Å². The molecule has 0 unspecified atom stereocenters. The first-order valence-corrected chi connectivity index (χ1v) is 8.49. The van der Waals surface area contributed by atoms with Gasteiger partial charge in [-0.05, 0) is 5.19 Å². The first-order chi connectivity index (χ1) is 8.06. The smallest absolute Gasteiger partial charge is 0.202 e. The molecule has 1 aromatic heterocycles. The highest BCUT2D eigenvalue weighted by atomic mass is 28.3. The largest absolute Gasteiger partial charge is 0.306 e. The number of aromatic nitrogens is 1. The first kappa shape index (κ1) is 14.0. The third-order valence-electron chi connectivity index (χ3n) is 3.70. The topological polar surface area (TPSA) is 50.9 Å². The highest BCUT2D eigenvalue weighted by Gasteiger charge is 2.34. The maximum Gasteiger partial charge on any atom is 0.202 e. The molecule has 96 valence electrons. The molecule has 0 radical (unpaired) electrons. The van der Waals surface area contributed by atoms with Crippen molar-refractivity contribution < 1.29 is 8.78 Å². The van der Waals surface area contributed by atoms with Crippen LogP contribution in [0.2, 0.25) is 18.1 Å². The second-order valence-corrected chi connectivity index (χ2v) is 9.35. The minimum atomic E-state index is -1.95. The van der Waals surface area contributed by atoms with Crippen molar-refractivity contribution in [1.82, 2.24) is 4.98 Å². The Morgan fingerprint density at radius 3 is 2.12 bits per heavy atom. The molecule has 6 heteroatoms. The van der Waals surface area contributed by atoms with Crippen LogP contribution in [-0.2, 0) is 0 Å². The summed E-state index contributed by atoms with van der Waals surface area (Å²) in [6, 6.07) is 2.65. The van der Waals surface area contributed by atoms with Crippen LogP contribution in [0.15, 0.2) is 6.20 Å². The molecule has 0 fully saturated rings. The van der Waals surface area contributed by atoms with Crippen molar-refractivity contribution in [3.63, 3.8) is 0 Å². The van der Waals surface area contributed by atoms with Crippen molar-refractivity contribution in [2.24, 2.45) is 5.84 Å². The van der Waals surface area contributed by atoms with Gasteiger partial charge in [0.15, 0.2) is 11.6 Å². The highest BCUT2D eigenvalue weighted by Crippen LogP contribution is 2.23. The predicted molar refractivity (Wildman–Crippen MR) is 68.8 cm³/mol. The van der Waals surface area contributed by atoms with Crippen LogP contribution in [0.1, 0.15) is 20.8 Å². The number of hydrazine groups is 1. The van der Waals surface area contributed by atoms with Gasteiger partial charge in [0.25, 0.3) is 0 Å². The molecule has 0 aliphatic rings. The molecular weight excluding hydrogens is 240 g/mol. The van der Waals surface area contributed by atoms with Crippen LogP contribution < -0.4 is 16.5 Å². The third-order valence-corrected chi connectivity index (χ3v) is 9.25. The van der Waals surface area contributed by atoms with E-state index >= 15 is 0 Å². The molecule has 0 atom stereocenters. The fraction of sp³-hybridized carbons (Fsp3) is 0.545. The van der Waals surface area contributed by atoms with Gasteiger partial charge in [-0.25, -0.2) is 15.2 Å². The summed E-state index contributed by atoms with van der Waals surface area (Å²) in [4.78, 5) is 3.85. The minimum Gasteiger partial charge on any atom is -0.306 e. The second kappa shape index (κ2) is 5.55. The molecule has 0 amide bonds. The minimum absolute atomic E-state index is 0.238. The molecule has 3 nitrogen and oxygen atoms in total. The van der Waals surface area contributed by atoms with E-state index in [-0.39, 0.29) is 5.82 Å². The predicted octanol–water partition coefficient (Wildman–Crippen LogP) is 2.36. The number of rotatable bonds is 5. The molecule has 0 spiro atoms. The maximum absolute atomic E-state index is 14.0. The fourth-order valence-electron chi connectivity index (χ4n) is 2.26. The zero-order valence-electron chi connectivity index (χ0n) is 10.5. The van der Waals surface area contributed by atoms with Crippen molar-refractivity contribution in [3.05, 3.63) is 17.8 Å². The maximum atomic E-state index is 14.0. The zero-order chi connectivity index (χ0) is 13.1. The van der Waals surface area contributed by atoms with E-state index in [2.05, 4.69) is 10.4 Å². The summed E-state index contributed by atoms with van der Waals surface area (Å²) in [5.74, 6) is 3.07. The normalized spacial score (nSPS) is 11.6. The van der Waals surface area contributed by atoms with E-state index in [1.807, 2.05) is 20.8 Å². The number of anilines is 1. The quantitative estimate of drug-likeness (QED) is 0.485. The molecular formula is C11H19F2N3Si.